The van der Waals surface area contributed by atoms with Gasteiger partial charge in [-0.15, -0.1) is 0 Å². The molecule has 8 heteroatoms. The second-order valence-corrected chi connectivity index (χ2v) is 5.86. The van der Waals surface area contributed by atoms with Gasteiger partial charge in [0.25, 0.3) is 5.91 Å². The smallest absolute Gasteiger partial charge is 0.281 e. The lowest BCUT2D eigenvalue weighted by Gasteiger charge is -2.22. The summed E-state index contributed by atoms with van der Waals surface area (Å²) in [6, 6.07) is 5.07. The Hall–Kier alpha value is -2.38. The van der Waals surface area contributed by atoms with Crippen LogP contribution in [0.2, 0.25) is 5.02 Å². The van der Waals surface area contributed by atoms with E-state index < -0.39 is 5.91 Å². The van der Waals surface area contributed by atoms with Crippen LogP contribution in [0.25, 0.3) is 0 Å². The molecule has 1 saturated heterocycles. The number of nitrogens with zero attached hydrogens (tertiary/aromatic N) is 1. The molecule has 1 aliphatic heterocycles. The van der Waals surface area contributed by atoms with Crippen molar-refractivity contribution in [1.29, 1.82) is 5.41 Å². The fourth-order valence-electron chi connectivity index (χ4n) is 2.35. The number of amidine groups is 1. The highest BCUT2D eigenvalue weighted by atomic mass is 35.5. The number of ether oxygens (including phenoxy) is 2. The summed E-state index contributed by atoms with van der Waals surface area (Å²) in [6.45, 7) is 4.56. The van der Waals surface area contributed by atoms with Crippen LogP contribution in [0.15, 0.2) is 35.0 Å². The van der Waals surface area contributed by atoms with Crippen LogP contribution in [0.5, 0.6) is 5.75 Å². The van der Waals surface area contributed by atoms with Gasteiger partial charge in [0.15, 0.2) is 0 Å². The van der Waals surface area contributed by atoms with Crippen molar-refractivity contribution in [3.63, 3.8) is 0 Å². The number of nitrogens with one attached hydrogen (secondary N) is 3. The molecule has 0 bridgehead atoms. The van der Waals surface area contributed by atoms with Crippen molar-refractivity contribution in [2.75, 3.05) is 25.6 Å². The summed E-state index contributed by atoms with van der Waals surface area (Å²) in [6.07, 6.45) is 3.38. The highest BCUT2D eigenvalue weighted by molar-refractivity contribution is 6.32. The minimum absolute atomic E-state index is 0.0782. The summed E-state index contributed by atoms with van der Waals surface area (Å²) >= 11 is 5.99. The highest BCUT2D eigenvalue weighted by Crippen LogP contribution is 2.27. The van der Waals surface area contributed by atoms with Crippen molar-refractivity contribution in [1.82, 2.24) is 5.32 Å². The molecule has 0 aliphatic carbocycles. The SMILES string of the molecule is C=NC(=O)/C(=C/NC1CCCOC1)C(=N)Nc1ccc(Cl)c(OC)c1. The summed E-state index contributed by atoms with van der Waals surface area (Å²) in [5.41, 5.74) is 0.643. The molecule has 1 fully saturated rings. The van der Waals surface area contributed by atoms with Crippen LogP contribution in [0, 0.1) is 5.41 Å². The minimum atomic E-state index is -0.595. The number of carbonyl (C=O) groups is 1. The summed E-state index contributed by atoms with van der Waals surface area (Å²) in [5, 5.41) is 14.6. The monoisotopic (exact) mass is 364 g/mol. The number of halogens is 1. The first kappa shape index (κ1) is 19.0. The van der Waals surface area contributed by atoms with Gasteiger partial charge in [-0.3, -0.25) is 10.2 Å². The summed E-state index contributed by atoms with van der Waals surface area (Å²) in [4.78, 5) is 15.4. The lowest BCUT2D eigenvalue weighted by molar-refractivity contribution is -0.113. The molecule has 134 valence electrons. The van der Waals surface area contributed by atoms with Crippen LogP contribution >= 0.6 is 11.6 Å². The number of benzene rings is 1. The van der Waals surface area contributed by atoms with E-state index in [0.717, 1.165) is 19.4 Å². The van der Waals surface area contributed by atoms with E-state index in [0.29, 0.717) is 23.1 Å². The zero-order chi connectivity index (χ0) is 18.2. The third-order valence-corrected chi connectivity index (χ3v) is 4.00. The zero-order valence-corrected chi connectivity index (χ0v) is 14.7. The van der Waals surface area contributed by atoms with Gasteiger partial charge in [0.1, 0.15) is 11.6 Å². The van der Waals surface area contributed by atoms with Gasteiger partial charge in [0.05, 0.1) is 24.3 Å². The average molecular weight is 365 g/mol. The normalized spacial score (nSPS) is 17.5. The van der Waals surface area contributed by atoms with E-state index in [1.165, 1.54) is 13.3 Å². The largest absolute Gasteiger partial charge is 0.495 e. The number of hydrogen-bond donors (Lipinski definition) is 3. The fraction of sp³-hybridized carbons (Fsp3) is 0.353. The number of aliphatic imine (C=N–C) groups is 1. The Kier molecular flexibility index (Phi) is 6.97. The van der Waals surface area contributed by atoms with E-state index in [9.17, 15) is 4.79 Å². The van der Waals surface area contributed by atoms with E-state index in [4.69, 9.17) is 26.5 Å². The van der Waals surface area contributed by atoms with Crippen molar-refractivity contribution >= 4 is 35.7 Å². The number of amides is 1. The van der Waals surface area contributed by atoms with Gasteiger partial charge in [-0.25, -0.2) is 4.99 Å². The molecule has 25 heavy (non-hydrogen) atoms. The Labute approximate surface area is 151 Å². The third kappa shape index (κ3) is 5.30. The van der Waals surface area contributed by atoms with E-state index in [1.54, 1.807) is 18.2 Å². The van der Waals surface area contributed by atoms with E-state index >= 15 is 0 Å². The molecule has 0 saturated carbocycles. The van der Waals surface area contributed by atoms with Crippen LogP contribution in [0.3, 0.4) is 0 Å². The number of anilines is 1. The van der Waals surface area contributed by atoms with E-state index in [-0.39, 0.29) is 17.5 Å². The zero-order valence-electron chi connectivity index (χ0n) is 14.0. The maximum absolute atomic E-state index is 12.0. The first-order valence-electron chi connectivity index (χ1n) is 7.79. The van der Waals surface area contributed by atoms with Crippen molar-refractivity contribution in [3.8, 4) is 5.75 Å². The fourth-order valence-corrected chi connectivity index (χ4v) is 2.54. The number of rotatable bonds is 6. The summed E-state index contributed by atoms with van der Waals surface area (Å²) in [7, 11) is 1.50. The van der Waals surface area contributed by atoms with Crippen LogP contribution in [-0.4, -0.2) is 44.8 Å². The first-order chi connectivity index (χ1) is 12.0. The maximum atomic E-state index is 12.0. The van der Waals surface area contributed by atoms with E-state index in [2.05, 4.69) is 22.3 Å². The van der Waals surface area contributed by atoms with Gasteiger partial charge < -0.3 is 20.1 Å². The molecule has 1 unspecified atom stereocenters. The second kappa shape index (κ2) is 9.19. The predicted molar refractivity (Wildman–Crippen MR) is 99.0 cm³/mol. The lowest BCUT2D eigenvalue weighted by atomic mass is 10.1. The first-order valence-corrected chi connectivity index (χ1v) is 8.17. The maximum Gasteiger partial charge on any atom is 0.281 e. The third-order valence-electron chi connectivity index (χ3n) is 3.69. The number of methoxy groups -OCH3 is 1. The van der Waals surface area contributed by atoms with Gasteiger partial charge in [0, 0.05) is 30.6 Å². The topological polar surface area (TPSA) is 95.8 Å². The predicted octanol–water partition coefficient (Wildman–Crippen LogP) is 2.62. The van der Waals surface area contributed by atoms with Gasteiger partial charge in [-0.05, 0) is 31.7 Å². The van der Waals surface area contributed by atoms with Crippen molar-refractivity contribution in [3.05, 3.63) is 35.0 Å². The van der Waals surface area contributed by atoms with Crippen LogP contribution < -0.4 is 15.4 Å². The van der Waals surface area contributed by atoms with Crippen molar-refractivity contribution in [2.45, 2.75) is 18.9 Å². The number of hydrogen-bond acceptors (Lipinski definition) is 5. The summed E-state index contributed by atoms with van der Waals surface area (Å²) < 4.78 is 10.5. The van der Waals surface area contributed by atoms with Gasteiger partial charge >= 0.3 is 0 Å². The quantitative estimate of drug-likeness (QED) is 0.409. The van der Waals surface area contributed by atoms with Crippen LogP contribution in [0.1, 0.15) is 12.8 Å². The second-order valence-electron chi connectivity index (χ2n) is 5.45. The molecule has 1 aromatic rings. The molecule has 0 aromatic heterocycles. The lowest BCUT2D eigenvalue weighted by Crippen LogP contribution is -2.34. The van der Waals surface area contributed by atoms with Gasteiger partial charge in [-0.2, -0.15) is 0 Å². The van der Waals surface area contributed by atoms with Gasteiger partial charge in [-0.1, -0.05) is 11.6 Å². The molecule has 1 aliphatic rings. The standard InChI is InChI=1S/C17H21ClN4O3/c1-20-17(23)13(9-21-12-4-3-7-25-10-12)16(19)22-11-5-6-14(18)15(8-11)24-2/h5-6,8-9,12,21H,1,3-4,7,10H2,2H3,(H2,19,22)/b13-9+. The molecule has 1 aromatic carbocycles. The Morgan fingerprint density at radius 1 is 1.56 bits per heavy atom. The molecule has 1 amide bonds. The van der Waals surface area contributed by atoms with Gasteiger partial charge in [0.2, 0.25) is 0 Å². The molecule has 1 heterocycles. The van der Waals surface area contributed by atoms with Crippen molar-refractivity contribution < 1.29 is 14.3 Å². The highest BCUT2D eigenvalue weighted by Gasteiger charge is 2.17. The molecule has 0 spiro atoms. The molecule has 2 rings (SSSR count). The molecular formula is C17H21ClN4O3. The Balaban J connectivity index is 2.12. The minimum Gasteiger partial charge on any atom is -0.495 e. The molecule has 3 N–H and O–H groups in total. The van der Waals surface area contributed by atoms with Crippen molar-refractivity contribution in [2.24, 2.45) is 4.99 Å². The summed E-state index contributed by atoms with van der Waals surface area (Å²) in [5.74, 6) is -0.232. The Bertz CT molecular complexity index is 684. The van der Waals surface area contributed by atoms with E-state index in [1.807, 2.05) is 0 Å². The molecule has 7 nitrogen and oxygen atoms in total. The van der Waals surface area contributed by atoms with Crippen LogP contribution in [0.4, 0.5) is 5.69 Å². The Morgan fingerprint density at radius 3 is 3.00 bits per heavy atom. The Morgan fingerprint density at radius 2 is 2.36 bits per heavy atom. The molecule has 0 radical (unpaired) electrons. The van der Waals surface area contributed by atoms with Crippen LogP contribution in [-0.2, 0) is 9.53 Å². The molecular weight excluding hydrogens is 344 g/mol. The average Bonchev–Trinajstić information content (AvgIpc) is 2.64. The molecule has 1 atom stereocenters. The number of carbonyl (C=O) groups excluding carboxylic acids is 1.